The molecule has 2 saturated heterocycles. The fourth-order valence-corrected chi connectivity index (χ4v) is 7.68. The number of imidazole rings is 1. The van der Waals surface area contributed by atoms with Crippen LogP contribution in [0.4, 0.5) is 5.95 Å². The van der Waals surface area contributed by atoms with Gasteiger partial charge in [-0.05, 0) is 74.5 Å². The zero-order chi connectivity index (χ0) is 34.3. The molecule has 11 heteroatoms. The first-order valence-corrected chi connectivity index (χ1v) is 17.9. The fraction of sp³-hybridized carbons (Fsp3) is 0.436. The summed E-state index contributed by atoms with van der Waals surface area (Å²) in [6.45, 7) is 9.16. The van der Waals surface area contributed by atoms with Gasteiger partial charge in [-0.1, -0.05) is 53.7 Å². The highest BCUT2D eigenvalue weighted by atomic mass is 16.5. The van der Waals surface area contributed by atoms with Crippen molar-refractivity contribution in [2.45, 2.75) is 57.2 Å². The Morgan fingerprint density at radius 1 is 1.00 bits per heavy atom. The van der Waals surface area contributed by atoms with E-state index in [-0.39, 0.29) is 11.3 Å². The fourth-order valence-electron chi connectivity index (χ4n) is 7.68. The molecule has 0 bridgehead atoms. The van der Waals surface area contributed by atoms with Gasteiger partial charge in [-0.3, -0.25) is 4.79 Å². The van der Waals surface area contributed by atoms with Gasteiger partial charge in [0.25, 0.3) is 5.91 Å². The number of likely N-dealkylation sites (tertiary alicyclic amines) is 2. The molecule has 1 unspecified atom stereocenters. The van der Waals surface area contributed by atoms with Crippen LogP contribution >= 0.6 is 0 Å². The summed E-state index contributed by atoms with van der Waals surface area (Å²) in [5, 5.41) is 11.8. The van der Waals surface area contributed by atoms with Crippen LogP contribution in [-0.4, -0.2) is 99.3 Å². The van der Waals surface area contributed by atoms with Crippen molar-refractivity contribution < 1.29 is 14.3 Å². The van der Waals surface area contributed by atoms with E-state index >= 15 is 0 Å². The van der Waals surface area contributed by atoms with E-state index in [0.717, 1.165) is 74.4 Å². The molecule has 0 saturated carbocycles. The van der Waals surface area contributed by atoms with E-state index in [1.165, 1.54) is 5.56 Å². The Hall–Kier alpha value is -4.74. The Morgan fingerprint density at radius 2 is 1.82 bits per heavy atom. The minimum absolute atomic E-state index is 0.0132. The number of amides is 1. The van der Waals surface area contributed by atoms with Crippen LogP contribution in [0, 0.1) is 0 Å². The number of carbonyl (C=O) groups is 1. The molecular weight excluding hydrogens is 628 g/mol. The quantitative estimate of drug-likeness (QED) is 0.155. The van der Waals surface area contributed by atoms with E-state index in [0.29, 0.717) is 50.2 Å². The molecular formula is C39H48N8O3. The number of carbonyl (C=O) groups excluding carboxylic acids is 1. The van der Waals surface area contributed by atoms with Crippen LogP contribution in [0.25, 0.3) is 11.0 Å². The van der Waals surface area contributed by atoms with Crippen molar-refractivity contribution >= 4 is 22.9 Å². The van der Waals surface area contributed by atoms with Crippen molar-refractivity contribution in [1.29, 1.82) is 0 Å². The Bertz CT molecular complexity index is 1850. The van der Waals surface area contributed by atoms with Crippen molar-refractivity contribution in [1.82, 2.24) is 34.3 Å². The second-order valence-corrected chi connectivity index (χ2v) is 13.5. The number of hydrogen-bond acceptors (Lipinski definition) is 8. The summed E-state index contributed by atoms with van der Waals surface area (Å²) >= 11 is 0. The lowest BCUT2D eigenvalue weighted by Gasteiger charge is -2.36. The van der Waals surface area contributed by atoms with Gasteiger partial charge in [0, 0.05) is 57.0 Å². The third kappa shape index (κ3) is 7.39. The number of methoxy groups -OCH3 is 1. The zero-order valence-corrected chi connectivity index (χ0v) is 29.2. The third-order valence-corrected chi connectivity index (χ3v) is 10.5. The van der Waals surface area contributed by atoms with Gasteiger partial charge in [-0.15, -0.1) is 5.10 Å². The highest BCUT2D eigenvalue weighted by Crippen LogP contribution is 2.39. The number of piperidine rings is 1. The third-order valence-electron chi connectivity index (χ3n) is 10.5. The first-order valence-electron chi connectivity index (χ1n) is 17.9. The summed E-state index contributed by atoms with van der Waals surface area (Å²) in [5.74, 6) is 1.54. The number of fused-ring (bicyclic) bond motifs is 1. The Labute approximate surface area is 294 Å². The molecule has 1 atom stereocenters. The number of para-hydroxylation sites is 2. The SMILES string of the molecule is CCOCCn1c(NC2CCN(CCC3(c4ccccc4)CCN(C(=O)c4cc(Cn5ccnn5)ccc4OC)C3)CC2)nc2ccccc21. The van der Waals surface area contributed by atoms with Gasteiger partial charge in [-0.2, -0.15) is 0 Å². The lowest BCUT2D eigenvalue weighted by atomic mass is 9.76. The Morgan fingerprint density at radius 3 is 2.60 bits per heavy atom. The van der Waals surface area contributed by atoms with E-state index in [2.05, 4.69) is 73.6 Å². The van der Waals surface area contributed by atoms with E-state index in [4.69, 9.17) is 14.5 Å². The molecule has 50 heavy (non-hydrogen) atoms. The number of hydrogen-bond donors (Lipinski definition) is 1. The molecule has 5 aromatic rings. The maximum Gasteiger partial charge on any atom is 0.257 e. The van der Waals surface area contributed by atoms with E-state index in [1.807, 2.05) is 42.3 Å². The molecule has 1 N–H and O–H groups in total. The standard InChI is InChI=1S/C39H48N8O3/c1-3-50-26-25-47-35-12-8-7-11-34(35)42-38(47)41-32-15-20-44(21-16-32)22-17-39(31-9-5-4-6-10-31)18-23-45(29-39)37(48)33-27-30(13-14-36(33)49-2)28-46-24-19-40-43-46/h4-14,19,24,27,32H,3,15-18,20-23,25-26,28-29H2,1-2H3,(H,41,42). The smallest absolute Gasteiger partial charge is 0.257 e. The van der Waals surface area contributed by atoms with Crippen LogP contribution in [-0.2, 0) is 23.2 Å². The molecule has 11 nitrogen and oxygen atoms in total. The number of nitrogens with zero attached hydrogens (tertiary/aromatic N) is 7. The molecule has 2 aliphatic rings. The topological polar surface area (TPSA) is 103 Å². The average Bonchev–Trinajstić information content (AvgIpc) is 3.92. The summed E-state index contributed by atoms with van der Waals surface area (Å²) in [7, 11) is 1.62. The molecule has 4 heterocycles. The highest BCUT2D eigenvalue weighted by Gasteiger charge is 2.42. The molecule has 2 fully saturated rings. The van der Waals surface area contributed by atoms with E-state index < -0.39 is 0 Å². The van der Waals surface area contributed by atoms with Gasteiger partial charge in [0.1, 0.15) is 5.75 Å². The van der Waals surface area contributed by atoms with Crippen LogP contribution in [0.5, 0.6) is 5.75 Å². The molecule has 1 amide bonds. The molecule has 3 aromatic carbocycles. The predicted molar refractivity (Wildman–Crippen MR) is 195 cm³/mol. The summed E-state index contributed by atoms with van der Waals surface area (Å²) in [6, 6.07) is 25.3. The molecule has 0 radical (unpaired) electrons. The van der Waals surface area contributed by atoms with Crippen LogP contribution in [0.3, 0.4) is 0 Å². The van der Waals surface area contributed by atoms with Crippen molar-refractivity contribution in [2.75, 3.05) is 58.4 Å². The van der Waals surface area contributed by atoms with Crippen molar-refractivity contribution in [3.05, 3.63) is 102 Å². The Kier molecular flexibility index (Phi) is 10.4. The first-order chi connectivity index (χ1) is 24.5. The Balaban J connectivity index is 1.00. The van der Waals surface area contributed by atoms with Crippen LogP contribution < -0.4 is 10.1 Å². The van der Waals surface area contributed by atoms with Gasteiger partial charge in [-0.25, -0.2) is 9.67 Å². The van der Waals surface area contributed by atoms with Crippen molar-refractivity contribution in [3.8, 4) is 5.75 Å². The lowest BCUT2D eigenvalue weighted by molar-refractivity contribution is 0.0776. The number of aromatic nitrogens is 5. The molecule has 2 aromatic heterocycles. The van der Waals surface area contributed by atoms with Gasteiger partial charge in [0.05, 0.1) is 43.1 Å². The van der Waals surface area contributed by atoms with Crippen LogP contribution in [0.1, 0.15) is 54.1 Å². The zero-order valence-electron chi connectivity index (χ0n) is 29.2. The first kappa shape index (κ1) is 33.7. The summed E-state index contributed by atoms with van der Waals surface area (Å²) in [6.07, 6.45) is 7.52. The summed E-state index contributed by atoms with van der Waals surface area (Å²) < 4.78 is 15.4. The average molecular weight is 677 g/mol. The van der Waals surface area contributed by atoms with Crippen LogP contribution in [0.2, 0.25) is 0 Å². The monoisotopic (exact) mass is 676 g/mol. The number of rotatable bonds is 14. The summed E-state index contributed by atoms with van der Waals surface area (Å²) in [4.78, 5) is 23.7. The molecule has 2 aliphatic heterocycles. The van der Waals surface area contributed by atoms with Crippen LogP contribution in [0.15, 0.2) is 85.2 Å². The number of benzene rings is 3. The molecule has 7 rings (SSSR count). The maximum absolute atomic E-state index is 14.1. The molecule has 0 spiro atoms. The van der Waals surface area contributed by atoms with E-state index in [9.17, 15) is 4.79 Å². The van der Waals surface area contributed by atoms with Gasteiger partial charge in [0.2, 0.25) is 5.95 Å². The van der Waals surface area contributed by atoms with Crippen molar-refractivity contribution in [2.24, 2.45) is 0 Å². The highest BCUT2D eigenvalue weighted by molar-refractivity contribution is 5.97. The van der Waals surface area contributed by atoms with E-state index in [1.54, 1.807) is 18.0 Å². The molecule has 0 aliphatic carbocycles. The number of ether oxygens (including phenoxy) is 2. The summed E-state index contributed by atoms with van der Waals surface area (Å²) in [5.41, 5.74) is 4.93. The predicted octanol–water partition coefficient (Wildman–Crippen LogP) is 5.47. The second kappa shape index (κ2) is 15.4. The number of nitrogens with one attached hydrogen (secondary N) is 1. The lowest BCUT2D eigenvalue weighted by Crippen LogP contribution is -2.42. The van der Waals surface area contributed by atoms with Gasteiger partial charge < -0.3 is 29.2 Å². The second-order valence-electron chi connectivity index (χ2n) is 13.5. The minimum atomic E-state index is -0.108. The maximum atomic E-state index is 14.1. The van der Waals surface area contributed by atoms with Gasteiger partial charge in [0.15, 0.2) is 0 Å². The molecule has 262 valence electrons. The largest absolute Gasteiger partial charge is 0.496 e. The normalized spacial score (nSPS) is 18.6. The number of anilines is 1. The minimum Gasteiger partial charge on any atom is -0.496 e. The van der Waals surface area contributed by atoms with Crippen molar-refractivity contribution in [3.63, 3.8) is 0 Å². The van der Waals surface area contributed by atoms with Gasteiger partial charge >= 0.3 is 0 Å².